The molecule has 146 valence electrons. The van der Waals surface area contributed by atoms with Gasteiger partial charge in [-0.3, -0.25) is 14.4 Å². The predicted molar refractivity (Wildman–Crippen MR) is 109 cm³/mol. The number of primary amides is 1. The van der Waals surface area contributed by atoms with Crippen LogP contribution in [-0.4, -0.2) is 35.2 Å². The summed E-state index contributed by atoms with van der Waals surface area (Å²) < 4.78 is 0. The normalized spacial score (nSPS) is 16.5. The molecule has 1 aliphatic heterocycles. The minimum absolute atomic E-state index is 0.247. The first kappa shape index (κ1) is 20.2. The molecule has 1 aliphatic rings. The van der Waals surface area contributed by atoms with Crippen LogP contribution in [0.4, 0.5) is 5.69 Å². The summed E-state index contributed by atoms with van der Waals surface area (Å²) in [5.74, 6) is -1.24. The van der Waals surface area contributed by atoms with Crippen molar-refractivity contribution in [3.05, 3.63) is 63.6 Å². The van der Waals surface area contributed by atoms with Crippen LogP contribution in [0, 0.1) is 0 Å². The van der Waals surface area contributed by atoms with Gasteiger partial charge in [0.05, 0.1) is 10.7 Å². The van der Waals surface area contributed by atoms with Crippen LogP contribution in [0.25, 0.3) is 0 Å². The number of hydrogen-bond donors (Lipinski definition) is 2. The summed E-state index contributed by atoms with van der Waals surface area (Å²) >= 11 is 12.0. The lowest BCUT2D eigenvalue weighted by Gasteiger charge is -2.35. The third kappa shape index (κ3) is 4.46. The number of nitrogens with zero attached hydrogens (tertiary/aromatic N) is 1. The Hall–Kier alpha value is -2.57. The van der Waals surface area contributed by atoms with Crippen LogP contribution >= 0.6 is 23.2 Å². The Balaban J connectivity index is 1.81. The molecule has 1 heterocycles. The number of benzene rings is 2. The molecule has 3 rings (SSSR count). The summed E-state index contributed by atoms with van der Waals surface area (Å²) in [4.78, 5) is 38.8. The third-order valence-corrected chi connectivity index (χ3v) is 5.20. The van der Waals surface area contributed by atoms with E-state index in [1.165, 1.54) is 17.0 Å². The van der Waals surface area contributed by atoms with Crippen molar-refractivity contribution in [2.75, 3.05) is 11.9 Å². The first-order chi connectivity index (χ1) is 13.4. The molecule has 0 bridgehead atoms. The molecule has 1 saturated heterocycles. The van der Waals surface area contributed by atoms with Crippen molar-refractivity contribution < 1.29 is 14.4 Å². The van der Waals surface area contributed by atoms with Crippen molar-refractivity contribution >= 4 is 46.6 Å². The van der Waals surface area contributed by atoms with Crippen LogP contribution in [-0.2, 0) is 4.79 Å². The SMILES string of the molecule is NC(=O)c1cccc(C(=O)N2CCCCC2C(=O)Nc2ccc(Cl)cc2Cl)c1. The molecule has 2 aromatic rings. The van der Waals surface area contributed by atoms with E-state index in [4.69, 9.17) is 28.9 Å². The third-order valence-electron chi connectivity index (χ3n) is 4.65. The van der Waals surface area contributed by atoms with Gasteiger partial charge in [0.2, 0.25) is 11.8 Å². The largest absolute Gasteiger partial charge is 0.366 e. The minimum Gasteiger partial charge on any atom is -0.366 e. The molecule has 1 atom stereocenters. The van der Waals surface area contributed by atoms with Gasteiger partial charge >= 0.3 is 0 Å². The van der Waals surface area contributed by atoms with Crippen LogP contribution in [0.15, 0.2) is 42.5 Å². The molecule has 1 fully saturated rings. The van der Waals surface area contributed by atoms with E-state index in [1.54, 1.807) is 30.3 Å². The zero-order valence-corrected chi connectivity index (χ0v) is 16.5. The number of piperidine rings is 1. The predicted octanol–water partition coefficient (Wildman–Crippen LogP) is 3.73. The van der Waals surface area contributed by atoms with Gasteiger partial charge in [-0.15, -0.1) is 0 Å². The maximum atomic E-state index is 13.0. The molecular formula is C20H19Cl2N3O3. The van der Waals surface area contributed by atoms with E-state index in [0.717, 1.165) is 12.8 Å². The van der Waals surface area contributed by atoms with Crippen LogP contribution in [0.3, 0.4) is 0 Å². The highest BCUT2D eigenvalue weighted by Gasteiger charge is 2.33. The molecule has 1 unspecified atom stereocenters. The molecule has 0 aliphatic carbocycles. The number of hydrogen-bond acceptors (Lipinski definition) is 3. The van der Waals surface area contributed by atoms with Crippen molar-refractivity contribution in [1.82, 2.24) is 4.90 Å². The van der Waals surface area contributed by atoms with Gasteiger partial charge in [-0.2, -0.15) is 0 Å². The summed E-state index contributed by atoms with van der Waals surface area (Å²) in [6.07, 6.45) is 2.17. The van der Waals surface area contributed by atoms with Crippen molar-refractivity contribution in [3.8, 4) is 0 Å². The van der Waals surface area contributed by atoms with E-state index < -0.39 is 11.9 Å². The second kappa shape index (κ2) is 8.63. The highest BCUT2D eigenvalue weighted by atomic mass is 35.5. The average Bonchev–Trinajstić information content (AvgIpc) is 2.69. The molecule has 2 aromatic carbocycles. The summed E-state index contributed by atoms with van der Waals surface area (Å²) in [6, 6.07) is 10.3. The topological polar surface area (TPSA) is 92.5 Å². The summed E-state index contributed by atoms with van der Waals surface area (Å²) in [5.41, 5.74) is 6.30. The Morgan fingerprint density at radius 1 is 1.04 bits per heavy atom. The fraction of sp³-hybridized carbons (Fsp3) is 0.250. The van der Waals surface area contributed by atoms with Gasteiger partial charge in [-0.1, -0.05) is 29.3 Å². The zero-order valence-electron chi connectivity index (χ0n) is 15.0. The Morgan fingerprint density at radius 3 is 2.50 bits per heavy atom. The number of rotatable bonds is 4. The number of carbonyl (C=O) groups excluding carboxylic acids is 3. The summed E-state index contributed by atoms with van der Waals surface area (Å²) in [7, 11) is 0. The number of amides is 3. The van der Waals surface area contributed by atoms with Gasteiger partial charge < -0.3 is 16.0 Å². The van der Waals surface area contributed by atoms with E-state index in [0.29, 0.717) is 34.3 Å². The van der Waals surface area contributed by atoms with E-state index in [2.05, 4.69) is 5.32 Å². The number of carbonyl (C=O) groups is 3. The second-order valence-corrected chi connectivity index (χ2v) is 7.41. The number of nitrogens with one attached hydrogen (secondary N) is 1. The van der Waals surface area contributed by atoms with E-state index in [1.807, 2.05) is 0 Å². The lowest BCUT2D eigenvalue weighted by molar-refractivity contribution is -0.121. The molecule has 0 radical (unpaired) electrons. The minimum atomic E-state index is -0.634. The molecule has 3 N–H and O–H groups in total. The molecule has 3 amide bonds. The first-order valence-electron chi connectivity index (χ1n) is 8.83. The number of anilines is 1. The van der Waals surface area contributed by atoms with Crippen LogP contribution in [0.1, 0.15) is 40.0 Å². The van der Waals surface area contributed by atoms with Gasteiger partial charge in [0.25, 0.3) is 5.91 Å². The molecule has 6 nitrogen and oxygen atoms in total. The van der Waals surface area contributed by atoms with Crippen LogP contribution in [0.5, 0.6) is 0 Å². The summed E-state index contributed by atoms with van der Waals surface area (Å²) in [5, 5.41) is 3.56. The van der Waals surface area contributed by atoms with E-state index in [9.17, 15) is 14.4 Å². The monoisotopic (exact) mass is 419 g/mol. The van der Waals surface area contributed by atoms with Crippen molar-refractivity contribution in [2.45, 2.75) is 25.3 Å². The second-order valence-electron chi connectivity index (χ2n) is 6.57. The van der Waals surface area contributed by atoms with Gasteiger partial charge in [0, 0.05) is 22.7 Å². The maximum Gasteiger partial charge on any atom is 0.254 e. The Labute approximate surface area is 172 Å². The van der Waals surface area contributed by atoms with E-state index in [-0.39, 0.29) is 17.4 Å². The molecule has 28 heavy (non-hydrogen) atoms. The fourth-order valence-corrected chi connectivity index (χ4v) is 3.68. The Morgan fingerprint density at radius 2 is 1.79 bits per heavy atom. The first-order valence-corrected chi connectivity index (χ1v) is 9.59. The standard InChI is InChI=1S/C20H19Cl2N3O3/c21-14-7-8-16(15(22)11-14)24-19(27)17-6-1-2-9-25(17)20(28)13-5-3-4-12(10-13)18(23)26/h3-5,7-8,10-11,17H,1-2,6,9H2,(H2,23,26)(H,24,27). The van der Waals surface area contributed by atoms with Gasteiger partial charge in [0.15, 0.2) is 0 Å². The fourth-order valence-electron chi connectivity index (χ4n) is 3.23. The lowest BCUT2D eigenvalue weighted by atomic mass is 9.99. The molecular weight excluding hydrogens is 401 g/mol. The smallest absolute Gasteiger partial charge is 0.254 e. The highest BCUT2D eigenvalue weighted by Crippen LogP contribution is 2.27. The van der Waals surface area contributed by atoms with Gasteiger partial charge in [-0.25, -0.2) is 0 Å². The van der Waals surface area contributed by atoms with Crippen LogP contribution in [0.2, 0.25) is 10.0 Å². The molecule has 0 saturated carbocycles. The van der Waals surface area contributed by atoms with Gasteiger partial charge in [-0.05, 0) is 55.7 Å². The zero-order chi connectivity index (χ0) is 20.3. The van der Waals surface area contributed by atoms with Crippen molar-refractivity contribution in [2.24, 2.45) is 5.73 Å². The maximum absolute atomic E-state index is 13.0. The average molecular weight is 420 g/mol. The van der Waals surface area contributed by atoms with Gasteiger partial charge in [0.1, 0.15) is 6.04 Å². The molecule has 8 heteroatoms. The number of halogens is 2. The lowest BCUT2D eigenvalue weighted by Crippen LogP contribution is -2.50. The summed E-state index contributed by atoms with van der Waals surface area (Å²) in [6.45, 7) is 0.450. The molecule has 0 aromatic heterocycles. The Kier molecular flexibility index (Phi) is 6.21. The molecule has 0 spiro atoms. The van der Waals surface area contributed by atoms with Crippen molar-refractivity contribution in [3.63, 3.8) is 0 Å². The quantitative estimate of drug-likeness (QED) is 0.790. The van der Waals surface area contributed by atoms with E-state index >= 15 is 0 Å². The Bertz CT molecular complexity index is 933. The van der Waals surface area contributed by atoms with Crippen molar-refractivity contribution in [1.29, 1.82) is 0 Å². The number of nitrogens with two attached hydrogens (primary N) is 1. The highest BCUT2D eigenvalue weighted by molar-refractivity contribution is 6.36. The van der Waals surface area contributed by atoms with Crippen LogP contribution < -0.4 is 11.1 Å². The number of likely N-dealkylation sites (tertiary alicyclic amines) is 1.